The molecule has 1 heterocycles. The van der Waals surface area contributed by atoms with E-state index in [1.54, 1.807) is 27.0 Å². The summed E-state index contributed by atoms with van der Waals surface area (Å²) in [5.74, 6) is 0. The van der Waals surface area contributed by atoms with Gasteiger partial charge in [0.15, 0.2) is 0 Å². The fraction of sp³-hybridized carbons (Fsp3) is 0.667. The summed E-state index contributed by atoms with van der Waals surface area (Å²) in [6.45, 7) is 18.5. The maximum absolute atomic E-state index is 12.5. The highest BCUT2D eigenvalue weighted by Gasteiger charge is 2.34. The van der Waals surface area contributed by atoms with E-state index in [-0.39, 0.29) is 0 Å². The van der Waals surface area contributed by atoms with Crippen molar-refractivity contribution in [2.75, 3.05) is 0 Å². The molecule has 2 heteroatoms. The molecule has 0 bridgehead atoms. The molecule has 0 spiro atoms. The summed E-state index contributed by atoms with van der Waals surface area (Å²) in [4.78, 5) is 0. The third kappa shape index (κ3) is 11.5. The maximum Gasteiger partial charge on any atom is 0.211 e. The van der Waals surface area contributed by atoms with Gasteiger partial charge >= 0.3 is 0 Å². The minimum absolute atomic E-state index is 1.01. The Morgan fingerprint density at radius 2 is 0.720 bits per heavy atom. The molecule has 3 rings (SSSR count). The average Bonchev–Trinajstić information content (AvgIpc) is 3.37. The van der Waals surface area contributed by atoms with Gasteiger partial charge in [-0.1, -0.05) is 113 Å². The summed E-state index contributed by atoms with van der Waals surface area (Å²) in [6.07, 6.45) is 28.9. The molecule has 0 saturated heterocycles. The van der Waals surface area contributed by atoms with Gasteiger partial charge in [-0.25, -0.2) is 4.70 Å². The first kappa shape index (κ1) is 41.9. The van der Waals surface area contributed by atoms with Crippen LogP contribution in [0.2, 0.25) is 0 Å². The predicted molar refractivity (Wildman–Crippen MR) is 221 cm³/mol. The Morgan fingerprint density at radius 1 is 0.400 bits per heavy atom. The number of nitrogens with zero attached hydrogens (tertiary/aromatic N) is 2. The Kier molecular flexibility index (Phi) is 19.4. The molecule has 0 aromatic heterocycles. The topological polar surface area (TPSA) is 25.3 Å². The van der Waals surface area contributed by atoms with Crippen molar-refractivity contribution in [1.82, 2.24) is 0 Å². The standard InChI is InChI=1S/C48H76N2/c1-9-16-23-28-40-33-42(34-41(29-24-17-10-2)46(40)32-25-18-11-3)47-37(8)44(30-21-14-6)48(50(47)49)43-35-38(26-19-12-4)45(31-22-15-7)39(36-43)27-20-13-5/h33-36H,9-32H2,1-8H3. The van der Waals surface area contributed by atoms with Crippen molar-refractivity contribution in [3.05, 3.63) is 85.5 Å². The smallest absolute Gasteiger partial charge is 0.211 e. The molecular weight excluding hydrogens is 605 g/mol. The van der Waals surface area contributed by atoms with E-state index in [2.05, 4.69) is 79.7 Å². The van der Waals surface area contributed by atoms with Crippen LogP contribution in [0.5, 0.6) is 0 Å². The molecule has 2 aromatic carbocycles. The van der Waals surface area contributed by atoms with Crippen LogP contribution in [0, 0.1) is 0 Å². The Labute approximate surface area is 310 Å². The van der Waals surface area contributed by atoms with Crippen LogP contribution in [0.1, 0.15) is 215 Å². The number of rotatable bonds is 26. The molecule has 0 unspecified atom stereocenters. The van der Waals surface area contributed by atoms with Crippen molar-refractivity contribution in [2.24, 2.45) is 0 Å². The van der Waals surface area contributed by atoms with E-state index in [0.717, 1.165) is 56.3 Å². The molecule has 1 aliphatic heterocycles. The van der Waals surface area contributed by atoms with Crippen molar-refractivity contribution < 1.29 is 4.70 Å². The Bertz CT molecular complexity index is 1340. The van der Waals surface area contributed by atoms with E-state index in [9.17, 15) is 5.53 Å². The summed E-state index contributed by atoms with van der Waals surface area (Å²) in [7, 11) is 0. The lowest BCUT2D eigenvalue weighted by Gasteiger charge is -2.20. The highest BCUT2D eigenvalue weighted by Crippen LogP contribution is 2.44. The first-order chi connectivity index (χ1) is 24.4. The molecule has 0 N–H and O–H groups in total. The summed E-state index contributed by atoms with van der Waals surface area (Å²) in [5, 5.41) is 0. The highest BCUT2D eigenvalue weighted by atomic mass is 15.2. The number of hydrogen-bond donors (Lipinski definition) is 0. The van der Waals surface area contributed by atoms with Gasteiger partial charge in [-0.05, 0) is 154 Å². The van der Waals surface area contributed by atoms with Crippen LogP contribution in [0.15, 0.2) is 35.4 Å². The number of aryl methyl sites for hydroxylation is 4. The first-order valence-corrected chi connectivity index (χ1v) is 21.6. The molecule has 2 nitrogen and oxygen atoms in total. The maximum atomic E-state index is 12.5. The van der Waals surface area contributed by atoms with E-state index < -0.39 is 0 Å². The molecule has 0 atom stereocenters. The van der Waals surface area contributed by atoms with Gasteiger partial charge in [0.1, 0.15) is 0 Å². The van der Waals surface area contributed by atoms with Crippen LogP contribution in [0.3, 0.4) is 0 Å². The average molecular weight is 681 g/mol. The lowest BCUT2D eigenvalue weighted by Crippen LogP contribution is -2.09. The SMILES string of the molecule is CCCCCc1cc(C2=C(C)C(CCCC)=C(c3cc(CCCC)c(CCCC)c(CCCC)c3)[N+]2=[N-])cc(CCCCC)c1CCCCC. The monoisotopic (exact) mass is 681 g/mol. The lowest BCUT2D eigenvalue weighted by molar-refractivity contribution is -0.345. The zero-order chi connectivity index (χ0) is 36.3. The Hall–Kier alpha value is -2.48. The number of allylic oxidation sites excluding steroid dienone is 2. The van der Waals surface area contributed by atoms with E-state index >= 15 is 0 Å². The normalized spacial score (nSPS) is 13.4. The lowest BCUT2D eigenvalue weighted by atomic mass is 9.87. The van der Waals surface area contributed by atoms with Crippen LogP contribution < -0.4 is 0 Å². The molecule has 2 aromatic rings. The number of unbranched alkanes of at least 4 members (excludes halogenated alkanes) is 10. The van der Waals surface area contributed by atoms with E-state index in [1.807, 2.05) is 0 Å². The predicted octanol–water partition coefficient (Wildman–Crippen LogP) is 15.3. The molecule has 0 fully saturated rings. The molecule has 0 aliphatic carbocycles. The summed E-state index contributed by atoms with van der Waals surface area (Å²) >= 11 is 0. The zero-order valence-corrected chi connectivity index (χ0v) is 34.2. The van der Waals surface area contributed by atoms with Crippen molar-refractivity contribution in [3.63, 3.8) is 0 Å². The summed E-state index contributed by atoms with van der Waals surface area (Å²) < 4.78 is 1.65. The first-order valence-electron chi connectivity index (χ1n) is 21.6. The fourth-order valence-electron chi connectivity index (χ4n) is 8.19. The second-order valence-electron chi connectivity index (χ2n) is 15.4. The minimum atomic E-state index is 1.01. The van der Waals surface area contributed by atoms with Gasteiger partial charge in [-0.3, -0.25) is 0 Å². The molecule has 0 radical (unpaired) electrons. The van der Waals surface area contributed by atoms with Gasteiger partial charge in [-0.15, -0.1) is 0 Å². The molecular formula is C48H76N2. The van der Waals surface area contributed by atoms with Crippen LogP contribution in [0.25, 0.3) is 16.9 Å². The minimum Gasteiger partial charge on any atom is -0.493 e. The molecule has 0 amide bonds. The van der Waals surface area contributed by atoms with Crippen molar-refractivity contribution >= 4 is 11.4 Å². The van der Waals surface area contributed by atoms with Crippen LogP contribution >= 0.6 is 0 Å². The largest absolute Gasteiger partial charge is 0.493 e. The Morgan fingerprint density at radius 3 is 1.14 bits per heavy atom. The molecule has 278 valence electrons. The number of hydrogen-bond acceptors (Lipinski definition) is 0. The Balaban J connectivity index is 2.23. The van der Waals surface area contributed by atoms with Gasteiger partial charge < -0.3 is 5.53 Å². The second-order valence-corrected chi connectivity index (χ2v) is 15.4. The van der Waals surface area contributed by atoms with Crippen LogP contribution in [-0.2, 0) is 38.5 Å². The zero-order valence-electron chi connectivity index (χ0n) is 34.2. The third-order valence-corrected chi connectivity index (χ3v) is 11.2. The van der Waals surface area contributed by atoms with E-state index in [0.29, 0.717) is 0 Å². The highest BCUT2D eigenvalue weighted by molar-refractivity contribution is 5.82. The van der Waals surface area contributed by atoms with Gasteiger partial charge in [0.2, 0.25) is 11.4 Å². The van der Waals surface area contributed by atoms with Crippen LogP contribution in [0.4, 0.5) is 0 Å². The van der Waals surface area contributed by atoms with Crippen molar-refractivity contribution in [3.8, 4) is 0 Å². The van der Waals surface area contributed by atoms with E-state index in [4.69, 9.17) is 0 Å². The molecule has 50 heavy (non-hydrogen) atoms. The van der Waals surface area contributed by atoms with Gasteiger partial charge in [-0.2, -0.15) is 0 Å². The molecule has 0 saturated carbocycles. The quantitative estimate of drug-likeness (QED) is 0.0698. The van der Waals surface area contributed by atoms with Crippen molar-refractivity contribution in [2.45, 2.75) is 209 Å². The van der Waals surface area contributed by atoms with E-state index in [1.165, 1.54) is 143 Å². The fourth-order valence-corrected chi connectivity index (χ4v) is 8.19. The molecule has 1 aliphatic rings. The number of benzene rings is 2. The van der Waals surface area contributed by atoms with Gasteiger partial charge in [0, 0.05) is 22.3 Å². The third-order valence-electron chi connectivity index (χ3n) is 11.2. The van der Waals surface area contributed by atoms with Gasteiger partial charge in [0.25, 0.3) is 0 Å². The van der Waals surface area contributed by atoms with Gasteiger partial charge in [0.05, 0.1) is 0 Å². The van der Waals surface area contributed by atoms with Crippen LogP contribution in [-0.4, -0.2) is 4.70 Å². The summed E-state index contributed by atoms with van der Waals surface area (Å²) in [5.41, 5.74) is 29.0. The second kappa shape index (κ2) is 23.2. The van der Waals surface area contributed by atoms with Crippen molar-refractivity contribution in [1.29, 1.82) is 0 Å². The summed E-state index contributed by atoms with van der Waals surface area (Å²) in [6, 6.07) is 9.96.